The van der Waals surface area contributed by atoms with Gasteiger partial charge in [-0.2, -0.15) is 0 Å². The predicted molar refractivity (Wildman–Crippen MR) is 97.6 cm³/mol. The second-order valence-electron chi connectivity index (χ2n) is 5.63. The molecular weight excluding hydrogens is 329 g/mol. The molecule has 4 aromatic rings. The zero-order valence-electron chi connectivity index (χ0n) is 13.7. The lowest BCUT2D eigenvalue weighted by atomic mass is 10.2. The number of benzene rings is 3. The molecule has 0 aliphatic heterocycles. The number of aryl methyl sites for hydroxylation is 1. The van der Waals surface area contributed by atoms with Crippen LogP contribution in [-0.2, 0) is 0 Å². The molecule has 0 fully saturated rings. The van der Waals surface area contributed by atoms with E-state index in [9.17, 15) is 0 Å². The average Bonchev–Trinajstić information content (AvgIpc) is 3.06. The predicted octanol–water partition coefficient (Wildman–Crippen LogP) is 4.80. The molecule has 121 valence electrons. The van der Waals surface area contributed by atoms with Gasteiger partial charge in [-0.3, -0.25) is 0 Å². The molecule has 0 aliphatic rings. The van der Waals surface area contributed by atoms with Crippen LogP contribution in [0.4, 0.5) is 0 Å². The Morgan fingerprint density at radius 2 is 1.68 bits per heavy atom. The molecule has 0 bridgehead atoms. The van der Waals surface area contributed by atoms with Crippen molar-refractivity contribution in [2.24, 2.45) is 0 Å². The van der Waals surface area contributed by atoms with Crippen LogP contribution < -0.4 is 7.58 Å². The lowest BCUT2D eigenvalue weighted by Crippen LogP contribution is -2.11. The second kappa shape index (κ2) is 7.02. The molecular formula is C20H15AlNO3. The van der Waals surface area contributed by atoms with Crippen molar-refractivity contribution in [2.75, 3.05) is 0 Å². The number of hydrogen-bond donors (Lipinski definition) is 0. The lowest BCUT2D eigenvalue weighted by Gasteiger charge is -2.10. The van der Waals surface area contributed by atoms with Gasteiger partial charge in [0, 0.05) is 0 Å². The highest BCUT2D eigenvalue weighted by atomic mass is 27.2. The molecule has 25 heavy (non-hydrogen) atoms. The van der Waals surface area contributed by atoms with Gasteiger partial charge in [-0.05, 0) is 48.9 Å². The highest BCUT2D eigenvalue weighted by Gasteiger charge is 2.15. The van der Waals surface area contributed by atoms with Gasteiger partial charge in [0.2, 0.25) is 5.89 Å². The van der Waals surface area contributed by atoms with E-state index in [1.807, 2.05) is 79.7 Å². The van der Waals surface area contributed by atoms with E-state index in [0.717, 1.165) is 28.0 Å². The van der Waals surface area contributed by atoms with E-state index in [1.54, 1.807) is 0 Å². The van der Waals surface area contributed by atoms with Crippen LogP contribution in [0.3, 0.4) is 0 Å². The molecule has 1 aromatic heterocycles. The maximum atomic E-state index is 5.92. The van der Waals surface area contributed by atoms with Gasteiger partial charge in [-0.1, -0.05) is 36.4 Å². The number of para-hydroxylation sites is 2. The molecule has 0 spiro atoms. The molecule has 0 N–H and O–H groups in total. The van der Waals surface area contributed by atoms with Crippen molar-refractivity contribution in [3.63, 3.8) is 0 Å². The number of rotatable bonds is 5. The molecule has 3 aromatic carbocycles. The minimum atomic E-state index is -0.685. The number of fused-ring (bicyclic) bond motifs is 1. The normalized spacial score (nSPS) is 10.6. The van der Waals surface area contributed by atoms with Gasteiger partial charge < -0.3 is 12.0 Å². The summed E-state index contributed by atoms with van der Waals surface area (Å²) in [5.74, 6) is 2.05. The van der Waals surface area contributed by atoms with Crippen molar-refractivity contribution in [1.82, 2.24) is 4.98 Å². The summed E-state index contributed by atoms with van der Waals surface area (Å²) in [6, 6.07) is 23.3. The molecule has 1 radical (unpaired) electrons. The maximum absolute atomic E-state index is 5.92. The Hall–Kier alpha value is -2.74. The van der Waals surface area contributed by atoms with Crippen molar-refractivity contribution in [3.8, 4) is 23.0 Å². The van der Waals surface area contributed by atoms with Crippen molar-refractivity contribution in [3.05, 3.63) is 78.4 Å². The number of oxazole rings is 1. The number of aromatic nitrogens is 1. The van der Waals surface area contributed by atoms with E-state index >= 15 is 0 Å². The third-order valence-electron chi connectivity index (χ3n) is 3.76. The minimum Gasteiger partial charge on any atom is -0.616 e. The average molecular weight is 344 g/mol. The Balaban J connectivity index is 1.57. The van der Waals surface area contributed by atoms with Crippen LogP contribution in [-0.4, -0.2) is 20.9 Å². The van der Waals surface area contributed by atoms with Crippen LogP contribution >= 0.6 is 0 Å². The minimum absolute atomic E-state index is 0.551. The first-order chi connectivity index (χ1) is 12.3. The Labute approximate surface area is 152 Å². The Kier molecular flexibility index (Phi) is 4.43. The van der Waals surface area contributed by atoms with Crippen LogP contribution in [0.1, 0.15) is 5.56 Å². The number of nitrogens with zero attached hydrogens (tertiary/aromatic N) is 1. The van der Waals surface area contributed by atoms with Crippen molar-refractivity contribution in [1.29, 1.82) is 0 Å². The van der Waals surface area contributed by atoms with Crippen molar-refractivity contribution >= 4 is 27.0 Å². The molecule has 4 rings (SSSR count). The van der Waals surface area contributed by atoms with Crippen LogP contribution in [0.15, 0.2) is 77.2 Å². The summed E-state index contributed by atoms with van der Waals surface area (Å²) in [6.07, 6.45) is 0. The topological polar surface area (TPSA) is 44.5 Å². The van der Waals surface area contributed by atoms with Gasteiger partial charge in [-0.25, -0.2) is 4.98 Å². The molecule has 0 amide bonds. The Morgan fingerprint density at radius 3 is 2.56 bits per heavy atom. The summed E-state index contributed by atoms with van der Waals surface area (Å²) in [4.78, 5) is 4.57. The van der Waals surface area contributed by atoms with E-state index in [0.29, 0.717) is 11.6 Å². The standard InChI is InChI=1S/C14H11NO2.C6H6O.Al/c1-9-6-7-11-13(8-9)17-14(15-11)10-4-2-3-5-12(10)16;7-6-4-2-1-3-5-6;/h2-8,16H,1H3;1-5,7H;/q;;+2/p-2. The quantitative estimate of drug-likeness (QED) is 0.488. The second-order valence-corrected chi connectivity index (χ2v) is 6.30. The maximum Gasteiger partial charge on any atom is 0.881 e. The molecule has 0 atom stereocenters. The van der Waals surface area contributed by atoms with Gasteiger partial charge in [0.15, 0.2) is 5.58 Å². The van der Waals surface area contributed by atoms with Crippen LogP contribution in [0, 0.1) is 6.92 Å². The summed E-state index contributed by atoms with van der Waals surface area (Å²) in [7, 11) is 0. The summed E-state index contributed by atoms with van der Waals surface area (Å²) in [6.45, 7) is 2.03. The van der Waals surface area contributed by atoms with E-state index in [-0.39, 0.29) is 0 Å². The molecule has 4 nitrogen and oxygen atoms in total. The molecule has 0 aliphatic carbocycles. The zero-order chi connectivity index (χ0) is 17.1. The molecule has 0 saturated carbocycles. The van der Waals surface area contributed by atoms with E-state index in [4.69, 9.17) is 12.0 Å². The Morgan fingerprint density at radius 1 is 0.880 bits per heavy atom. The first kappa shape index (κ1) is 15.8. The summed E-state index contributed by atoms with van der Waals surface area (Å²) >= 11 is -0.685. The molecule has 1 heterocycles. The molecule has 0 saturated heterocycles. The largest absolute Gasteiger partial charge is 0.881 e. The highest BCUT2D eigenvalue weighted by molar-refractivity contribution is 6.21. The highest BCUT2D eigenvalue weighted by Crippen LogP contribution is 2.31. The lowest BCUT2D eigenvalue weighted by molar-refractivity contribution is 0.458. The molecule has 0 unspecified atom stereocenters. The first-order valence-corrected chi connectivity index (χ1v) is 8.90. The van der Waals surface area contributed by atoms with Gasteiger partial charge in [0.1, 0.15) is 5.52 Å². The van der Waals surface area contributed by atoms with Crippen molar-refractivity contribution < 1.29 is 12.0 Å². The van der Waals surface area contributed by atoms with Crippen molar-refractivity contribution in [2.45, 2.75) is 6.92 Å². The third kappa shape index (κ3) is 3.53. The van der Waals surface area contributed by atoms with E-state index < -0.39 is 15.9 Å². The third-order valence-corrected chi connectivity index (χ3v) is 4.48. The first-order valence-electron chi connectivity index (χ1n) is 7.96. The fourth-order valence-corrected chi connectivity index (χ4v) is 3.15. The fourth-order valence-electron chi connectivity index (χ4n) is 2.52. The zero-order valence-corrected chi connectivity index (χ0v) is 14.8. The summed E-state index contributed by atoms with van der Waals surface area (Å²) < 4.78 is 17.5. The van der Waals surface area contributed by atoms with Crippen LogP contribution in [0.25, 0.3) is 22.6 Å². The van der Waals surface area contributed by atoms with Gasteiger partial charge >= 0.3 is 15.9 Å². The monoisotopic (exact) mass is 344 g/mol. The van der Waals surface area contributed by atoms with Crippen LogP contribution in [0.5, 0.6) is 11.5 Å². The number of hydrogen-bond acceptors (Lipinski definition) is 4. The van der Waals surface area contributed by atoms with Gasteiger partial charge in [0.25, 0.3) is 0 Å². The smallest absolute Gasteiger partial charge is 0.616 e. The molecule has 5 heteroatoms. The Bertz CT molecular complexity index is 998. The van der Waals surface area contributed by atoms with Crippen LogP contribution in [0.2, 0.25) is 0 Å². The summed E-state index contributed by atoms with van der Waals surface area (Å²) in [5, 5.41) is 0. The SMILES string of the molecule is Cc1ccc2nc(-c3ccccc3[O][Al][O]c3ccccc3)oc2c1. The van der Waals surface area contributed by atoms with E-state index in [1.165, 1.54) is 0 Å². The van der Waals surface area contributed by atoms with E-state index in [2.05, 4.69) is 4.98 Å². The van der Waals surface area contributed by atoms with Gasteiger partial charge in [0.05, 0.1) is 17.1 Å². The van der Waals surface area contributed by atoms with Gasteiger partial charge in [-0.15, -0.1) is 0 Å². The summed E-state index contributed by atoms with van der Waals surface area (Å²) in [5.41, 5.74) is 3.57. The fraction of sp³-hybridized carbons (Fsp3) is 0.0500.